The molecule has 2 rings (SSSR count). The van der Waals surface area contributed by atoms with Gasteiger partial charge in [0.2, 0.25) is 5.89 Å². The van der Waals surface area contributed by atoms with Gasteiger partial charge in [-0.2, -0.15) is 0 Å². The van der Waals surface area contributed by atoms with E-state index in [1.807, 2.05) is 19.2 Å². The highest BCUT2D eigenvalue weighted by molar-refractivity contribution is 5.50. The van der Waals surface area contributed by atoms with E-state index in [-0.39, 0.29) is 0 Å². The van der Waals surface area contributed by atoms with Gasteiger partial charge in [-0.05, 0) is 32.1 Å². The van der Waals surface area contributed by atoms with Crippen molar-refractivity contribution < 1.29 is 4.42 Å². The van der Waals surface area contributed by atoms with Crippen molar-refractivity contribution in [1.29, 1.82) is 0 Å². The zero-order valence-corrected chi connectivity index (χ0v) is 9.31. The molecular formula is C12H15N3O. The van der Waals surface area contributed by atoms with E-state index < -0.39 is 0 Å². The second kappa shape index (κ2) is 5.42. The maximum Gasteiger partial charge on any atom is 0.227 e. The van der Waals surface area contributed by atoms with Crippen molar-refractivity contribution in [3.05, 3.63) is 36.5 Å². The average molecular weight is 217 g/mol. The smallest absolute Gasteiger partial charge is 0.227 e. The van der Waals surface area contributed by atoms with Gasteiger partial charge < -0.3 is 9.73 Å². The van der Waals surface area contributed by atoms with Crippen LogP contribution in [0.5, 0.6) is 0 Å². The Balaban J connectivity index is 2.02. The minimum Gasteiger partial charge on any atom is -0.441 e. The number of hydrogen-bond donors (Lipinski definition) is 1. The molecule has 0 atom stereocenters. The summed E-state index contributed by atoms with van der Waals surface area (Å²) in [5.74, 6) is 1.57. The largest absolute Gasteiger partial charge is 0.441 e. The first-order valence-electron chi connectivity index (χ1n) is 5.40. The summed E-state index contributed by atoms with van der Waals surface area (Å²) in [5.41, 5.74) is 0.919. The molecule has 4 nitrogen and oxygen atoms in total. The molecule has 2 heterocycles. The molecule has 0 amide bonds. The molecule has 0 aliphatic rings. The summed E-state index contributed by atoms with van der Waals surface area (Å²) in [6.07, 6.45) is 7.24. The number of nitrogens with zero attached hydrogens (tertiary/aromatic N) is 2. The molecule has 0 aromatic carbocycles. The number of oxazole rings is 1. The normalized spacial score (nSPS) is 10.6. The minimum atomic E-state index is 0.646. The van der Waals surface area contributed by atoms with E-state index in [9.17, 15) is 0 Å². The van der Waals surface area contributed by atoms with Crippen LogP contribution in [0.3, 0.4) is 0 Å². The zero-order valence-electron chi connectivity index (χ0n) is 9.31. The molecule has 0 fully saturated rings. The van der Waals surface area contributed by atoms with Crippen molar-refractivity contribution in [2.24, 2.45) is 0 Å². The summed E-state index contributed by atoms with van der Waals surface area (Å²) < 4.78 is 5.64. The molecule has 2 aromatic rings. The van der Waals surface area contributed by atoms with E-state index in [2.05, 4.69) is 15.3 Å². The Morgan fingerprint density at radius 3 is 3.06 bits per heavy atom. The van der Waals surface area contributed by atoms with Gasteiger partial charge in [-0.3, -0.25) is 4.98 Å². The van der Waals surface area contributed by atoms with E-state index in [1.54, 1.807) is 18.6 Å². The molecule has 0 saturated carbocycles. The number of nitrogens with one attached hydrogen (secondary N) is 1. The first-order valence-corrected chi connectivity index (χ1v) is 5.40. The second-order valence-corrected chi connectivity index (χ2v) is 3.58. The second-order valence-electron chi connectivity index (χ2n) is 3.58. The van der Waals surface area contributed by atoms with Crippen LogP contribution in [-0.2, 0) is 6.42 Å². The number of pyridine rings is 1. The molecule has 4 heteroatoms. The lowest BCUT2D eigenvalue weighted by molar-refractivity contribution is 0.507. The summed E-state index contributed by atoms with van der Waals surface area (Å²) in [4.78, 5) is 8.27. The lowest BCUT2D eigenvalue weighted by Crippen LogP contribution is -2.08. The third-order valence-corrected chi connectivity index (χ3v) is 2.31. The zero-order chi connectivity index (χ0) is 11.2. The van der Waals surface area contributed by atoms with Gasteiger partial charge in [-0.25, -0.2) is 4.98 Å². The van der Waals surface area contributed by atoms with Crippen LogP contribution in [-0.4, -0.2) is 23.6 Å². The predicted molar refractivity (Wildman–Crippen MR) is 62.0 cm³/mol. The molecule has 16 heavy (non-hydrogen) atoms. The number of aromatic nitrogens is 2. The first kappa shape index (κ1) is 10.8. The van der Waals surface area contributed by atoms with Crippen LogP contribution in [0.4, 0.5) is 0 Å². The van der Waals surface area contributed by atoms with Crippen LogP contribution in [0.1, 0.15) is 12.2 Å². The van der Waals surface area contributed by atoms with Gasteiger partial charge >= 0.3 is 0 Å². The first-order chi connectivity index (χ1) is 7.90. The summed E-state index contributed by atoms with van der Waals surface area (Å²) >= 11 is 0. The molecule has 2 aromatic heterocycles. The van der Waals surface area contributed by atoms with Crippen LogP contribution < -0.4 is 5.32 Å². The Kier molecular flexibility index (Phi) is 3.66. The fourth-order valence-electron chi connectivity index (χ4n) is 1.49. The van der Waals surface area contributed by atoms with E-state index in [0.29, 0.717) is 5.89 Å². The Labute approximate surface area is 94.7 Å². The van der Waals surface area contributed by atoms with Crippen molar-refractivity contribution in [2.45, 2.75) is 12.8 Å². The van der Waals surface area contributed by atoms with Gasteiger partial charge in [-0.1, -0.05) is 0 Å². The monoisotopic (exact) mass is 217 g/mol. The van der Waals surface area contributed by atoms with E-state index in [0.717, 1.165) is 30.7 Å². The van der Waals surface area contributed by atoms with Crippen molar-refractivity contribution in [1.82, 2.24) is 15.3 Å². The predicted octanol–water partition coefficient (Wildman–Crippen LogP) is 1.89. The molecule has 0 radical (unpaired) electrons. The molecule has 0 aliphatic heterocycles. The van der Waals surface area contributed by atoms with Crippen molar-refractivity contribution in [2.75, 3.05) is 13.6 Å². The van der Waals surface area contributed by atoms with Crippen LogP contribution in [0, 0.1) is 0 Å². The maximum absolute atomic E-state index is 5.64. The van der Waals surface area contributed by atoms with Crippen LogP contribution in [0.15, 0.2) is 35.1 Å². The van der Waals surface area contributed by atoms with Gasteiger partial charge in [0.05, 0.1) is 11.8 Å². The van der Waals surface area contributed by atoms with E-state index >= 15 is 0 Å². The van der Waals surface area contributed by atoms with Gasteiger partial charge in [0.25, 0.3) is 0 Å². The lowest BCUT2D eigenvalue weighted by Gasteiger charge is -1.96. The van der Waals surface area contributed by atoms with Crippen molar-refractivity contribution >= 4 is 0 Å². The van der Waals surface area contributed by atoms with Gasteiger partial charge in [0.15, 0.2) is 0 Å². The quantitative estimate of drug-likeness (QED) is 0.777. The number of hydrogen-bond acceptors (Lipinski definition) is 4. The SMILES string of the molecule is CNCCCc1cnc(-c2cccnc2)o1. The maximum atomic E-state index is 5.64. The Morgan fingerprint density at radius 1 is 1.38 bits per heavy atom. The number of aryl methyl sites for hydroxylation is 1. The fourth-order valence-corrected chi connectivity index (χ4v) is 1.49. The van der Waals surface area contributed by atoms with Crippen LogP contribution >= 0.6 is 0 Å². The molecule has 0 unspecified atom stereocenters. The van der Waals surface area contributed by atoms with Gasteiger partial charge in [0.1, 0.15) is 5.76 Å². The molecule has 0 saturated heterocycles. The van der Waals surface area contributed by atoms with Crippen LogP contribution in [0.2, 0.25) is 0 Å². The summed E-state index contributed by atoms with van der Waals surface area (Å²) in [6.45, 7) is 0.989. The van der Waals surface area contributed by atoms with Gasteiger partial charge in [0, 0.05) is 18.8 Å². The lowest BCUT2D eigenvalue weighted by atomic mass is 10.3. The molecule has 0 bridgehead atoms. The van der Waals surface area contributed by atoms with Crippen molar-refractivity contribution in [3.63, 3.8) is 0 Å². The summed E-state index contributed by atoms with van der Waals surface area (Å²) in [7, 11) is 1.95. The minimum absolute atomic E-state index is 0.646. The topological polar surface area (TPSA) is 51.0 Å². The highest BCUT2D eigenvalue weighted by Gasteiger charge is 2.05. The summed E-state index contributed by atoms with van der Waals surface area (Å²) in [5, 5.41) is 3.10. The van der Waals surface area contributed by atoms with Crippen LogP contribution in [0.25, 0.3) is 11.5 Å². The third kappa shape index (κ3) is 2.67. The van der Waals surface area contributed by atoms with E-state index in [1.165, 1.54) is 0 Å². The van der Waals surface area contributed by atoms with Crippen molar-refractivity contribution in [3.8, 4) is 11.5 Å². The average Bonchev–Trinajstić information content (AvgIpc) is 2.79. The van der Waals surface area contributed by atoms with Gasteiger partial charge in [-0.15, -0.1) is 0 Å². The molecular weight excluding hydrogens is 202 g/mol. The standard InChI is InChI=1S/C12H15N3O/c1-13-6-3-5-11-9-15-12(16-11)10-4-2-7-14-8-10/h2,4,7-9,13H,3,5-6H2,1H3. The number of rotatable bonds is 5. The fraction of sp³-hybridized carbons (Fsp3) is 0.333. The highest BCUT2D eigenvalue weighted by Crippen LogP contribution is 2.18. The Hall–Kier alpha value is -1.68. The summed E-state index contributed by atoms with van der Waals surface area (Å²) in [6, 6.07) is 3.82. The van der Waals surface area contributed by atoms with E-state index in [4.69, 9.17) is 4.42 Å². The molecule has 0 spiro atoms. The molecule has 1 N–H and O–H groups in total. The molecule has 84 valence electrons. The Bertz CT molecular complexity index is 425. The molecule has 0 aliphatic carbocycles. The third-order valence-electron chi connectivity index (χ3n) is 2.31. The Morgan fingerprint density at radius 2 is 2.31 bits per heavy atom. The highest BCUT2D eigenvalue weighted by atomic mass is 16.4.